The Labute approximate surface area is 167 Å². The van der Waals surface area contributed by atoms with Crippen LogP contribution in [0.1, 0.15) is 5.56 Å². The number of para-hydroxylation sites is 2. The highest BCUT2D eigenvalue weighted by atomic mass is 15.0. The maximum absolute atomic E-state index is 9.94. The van der Waals surface area contributed by atoms with Gasteiger partial charge in [-0.1, -0.05) is 84.9 Å². The summed E-state index contributed by atoms with van der Waals surface area (Å²) in [5.74, 6) is 0. The summed E-state index contributed by atoms with van der Waals surface area (Å²) in [5.41, 5.74) is 4.22. The molecule has 6 aromatic rings. The van der Waals surface area contributed by atoms with Crippen LogP contribution in [0.4, 0.5) is 0 Å². The molecule has 2 heteroatoms. The van der Waals surface area contributed by atoms with E-state index in [2.05, 4.69) is 95.6 Å². The number of benzene rings is 5. The smallest absolute Gasteiger partial charge is 0.100 e. The van der Waals surface area contributed by atoms with Crippen LogP contribution < -0.4 is 0 Å². The highest BCUT2D eigenvalue weighted by molar-refractivity contribution is 6.16. The summed E-state index contributed by atoms with van der Waals surface area (Å²) in [5, 5.41) is 16.6. The van der Waals surface area contributed by atoms with E-state index in [0.29, 0.717) is 0 Å². The molecule has 0 amide bonds. The lowest BCUT2D eigenvalue weighted by molar-refractivity contribution is 1.21. The second kappa shape index (κ2) is 5.95. The third-order valence-corrected chi connectivity index (χ3v) is 5.82. The summed E-state index contributed by atoms with van der Waals surface area (Å²) in [6.45, 7) is 0. The van der Waals surface area contributed by atoms with Crippen molar-refractivity contribution in [3.05, 3.63) is 103 Å². The fraction of sp³-hybridized carbons (Fsp3) is 0. The quantitative estimate of drug-likeness (QED) is 0.288. The standard InChI is InChI=1S/C27H16N2/c28-17-24-18-9-1-3-13-22(18)27(23-14-4-2-10-19(23)24)29-25-15-7-5-11-20(25)21-12-6-8-16-26(21)29/h1-16H. The van der Waals surface area contributed by atoms with E-state index in [1.807, 2.05) is 12.1 Å². The molecule has 0 radical (unpaired) electrons. The van der Waals surface area contributed by atoms with E-state index in [1.54, 1.807) is 0 Å². The number of nitrogens with zero attached hydrogens (tertiary/aromatic N) is 2. The summed E-state index contributed by atoms with van der Waals surface area (Å²) in [6.07, 6.45) is 0. The largest absolute Gasteiger partial charge is 0.308 e. The van der Waals surface area contributed by atoms with Crippen LogP contribution in [-0.2, 0) is 0 Å². The first-order valence-electron chi connectivity index (χ1n) is 9.70. The van der Waals surface area contributed by atoms with Gasteiger partial charge >= 0.3 is 0 Å². The summed E-state index contributed by atoms with van der Waals surface area (Å²) in [7, 11) is 0. The van der Waals surface area contributed by atoms with Crippen LogP contribution in [0, 0.1) is 11.3 Å². The lowest BCUT2D eigenvalue weighted by atomic mass is 9.95. The van der Waals surface area contributed by atoms with Gasteiger partial charge in [0.05, 0.1) is 22.3 Å². The molecule has 134 valence electrons. The van der Waals surface area contributed by atoms with E-state index in [4.69, 9.17) is 0 Å². The fourth-order valence-corrected chi connectivity index (χ4v) is 4.63. The molecule has 0 aliphatic rings. The molecule has 1 aromatic heterocycles. The predicted molar refractivity (Wildman–Crippen MR) is 121 cm³/mol. The molecule has 2 nitrogen and oxygen atoms in total. The lowest BCUT2D eigenvalue weighted by Gasteiger charge is -2.16. The van der Waals surface area contributed by atoms with Crippen molar-refractivity contribution in [3.8, 4) is 11.8 Å². The molecular formula is C27H16N2. The van der Waals surface area contributed by atoms with Gasteiger partial charge in [-0.25, -0.2) is 0 Å². The van der Waals surface area contributed by atoms with Crippen LogP contribution >= 0.6 is 0 Å². The molecule has 0 unspecified atom stereocenters. The fourth-order valence-electron chi connectivity index (χ4n) is 4.63. The number of hydrogen-bond donors (Lipinski definition) is 0. The van der Waals surface area contributed by atoms with E-state index in [1.165, 1.54) is 21.8 Å². The zero-order valence-corrected chi connectivity index (χ0v) is 15.6. The van der Waals surface area contributed by atoms with Gasteiger partial charge in [0.15, 0.2) is 0 Å². The lowest BCUT2D eigenvalue weighted by Crippen LogP contribution is -1.99. The van der Waals surface area contributed by atoms with Crippen LogP contribution in [0.25, 0.3) is 49.0 Å². The number of fused-ring (bicyclic) bond motifs is 5. The Kier molecular flexibility index (Phi) is 3.27. The van der Waals surface area contributed by atoms with Gasteiger partial charge in [-0.15, -0.1) is 0 Å². The molecule has 0 aliphatic heterocycles. The molecule has 1 heterocycles. The maximum Gasteiger partial charge on any atom is 0.100 e. The third-order valence-electron chi connectivity index (χ3n) is 5.82. The molecule has 0 aliphatic carbocycles. The van der Waals surface area contributed by atoms with Crippen LogP contribution in [0.15, 0.2) is 97.1 Å². The van der Waals surface area contributed by atoms with E-state index < -0.39 is 0 Å². The van der Waals surface area contributed by atoms with E-state index in [9.17, 15) is 5.26 Å². The minimum Gasteiger partial charge on any atom is -0.308 e. The minimum atomic E-state index is 0.737. The molecular weight excluding hydrogens is 352 g/mol. The molecule has 0 saturated heterocycles. The first-order chi connectivity index (χ1) is 14.4. The van der Waals surface area contributed by atoms with Gasteiger partial charge in [0.1, 0.15) is 6.07 Å². The summed E-state index contributed by atoms with van der Waals surface area (Å²) < 4.78 is 2.36. The Morgan fingerprint density at radius 3 is 1.31 bits per heavy atom. The van der Waals surface area contributed by atoms with Crippen molar-refractivity contribution in [2.24, 2.45) is 0 Å². The Bertz CT molecular complexity index is 1500. The SMILES string of the molecule is N#Cc1c2ccccc2c(-n2c3ccccc3c3ccccc32)c2ccccc12. The molecule has 0 atom stereocenters. The molecule has 29 heavy (non-hydrogen) atoms. The Balaban J connectivity index is 1.95. The summed E-state index contributed by atoms with van der Waals surface area (Å²) >= 11 is 0. The topological polar surface area (TPSA) is 28.7 Å². The molecule has 0 fully saturated rings. The van der Waals surface area contributed by atoms with Crippen molar-refractivity contribution >= 4 is 43.4 Å². The van der Waals surface area contributed by atoms with E-state index >= 15 is 0 Å². The van der Waals surface area contributed by atoms with Crippen molar-refractivity contribution in [1.82, 2.24) is 4.57 Å². The Morgan fingerprint density at radius 2 is 0.862 bits per heavy atom. The average Bonchev–Trinajstić information content (AvgIpc) is 3.12. The van der Waals surface area contributed by atoms with Crippen molar-refractivity contribution in [2.75, 3.05) is 0 Å². The second-order valence-corrected chi connectivity index (χ2v) is 7.30. The van der Waals surface area contributed by atoms with Gasteiger partial charge in [-0.2, -0.15) is 5.26 Å². The Morgan fingerprint density at radius 1 is 0.483 bits per heavy atom. The van der Waals surface area contributed by atoms with Crippen LogP contribution in [0.3, 0.4) is 0 Å². The third kappa shape index (κ3) is 2.10. The van der Waals surface area contributed by atoms with Crippen molar-refractivity contribution in [2.45, 2.75) is 0 Å². The van der Waals surface area contributed by atoms with Crippen LogP contribution in [0.5, 0.6) is 0 Å². The highest BCUT2D eigenvalue weighted by Crippen LogP contribution is 2.40. The molecule has 6 rings (SSSR count). The van der Waals surface area contributed by atoms with Gasteiger partial charge in [-0.3, -0.25) is 0 Å². The summed E-state index contributed by atoms with van der Waals surface area (Å²) in [6, 6.07) is 36.0. The zero-order chi connectivity index (χ0) is 19.4. The highest BCUT2D eigenvalue weighted by Gasteiger charge is 2.18. The summed E-state index contributed by atoms with van der Waals surface area (Å²) in [4.78, 5) is 0. The Hall–Kier alpha value is -4.09. The molecule has 5 aromatic carbocycles. The van der Waals surface area contributed by atoms with Crippen LogP contribution in [-0.4, -0.2) is 4.57 Å². The number of rotatable bonds is 1. The average molecular weight is 368 g/mol. The van der Waals surface area contributed by atoms with E-state index in [0.717, 1.165) is 32.8 Å². The molecule has 0 saturated carbocycles. The van der Waals surface area contributed by atoms with E-state index in [-0.39, 0.29) is 0 Å². The van der Waals surface area contributed by atoms with Gasteiger partial charge in [0, 0.05) is 32.3 Å². The number of hydrogen-bond acceptors (Lipinski definition) is 1. The van der Waals surface area contributed by atoms with Crippen molar-refractivity contribution in [1.29, 1.82) is 5.26 Å². The van der Waals surface area contributed by atoms with Crippen molar-refractivity contribution < 1.29 is 0 Å². The van der Waals surface area contributed by atoms with Gasteiger partial charge in [0.25, 0.3) is 0 Å². The first kappa shape index (κ1) is 15.9. The zero-order valence-electron chi connectivity index (χ0n) is 15.6. The maximum atomic E-state index is 9.94. The number of nitriles is 1. The van der Waals surface area contributed by atoms with Gasteiger partial charge in [-0.05, 0) is 12.1 Å². The monoisotopic (exact) mass is 368 g/mol. The number of aromatic nitrogens is 1. The first-order valence-corrected chi connectivity index (χ1v) is 9.70. The minimum absolute atomic E-state index is 0.737. The molecule has 0 bridgehead atoms. The normalized spacial score (nSPS) is 11.4. The molecule has 0 N–H and O–H groups in total. The van der Waals surface area contributed by atoms with Crippen LogP contribution in [0.2, 0.25) is 0 Å². The molecule has 0 spiro atoms. The van der Waals surface area contributed by atoms with Gasteiger partial charge in [0.2, 0.25) is 0 Å². The van der Waals surface area contributed by atoms with Gasteiger partial charge < -0.3 is 4.57 Å². The van der Waals surface area contributed by atoms with Crippen molar-refractivity contribution in [3.63, 3.8) is 0 Å². The second-order valence-electron chi connectivity index (χ2n) is 7.30. The predicted octanol–water partition coefficient (Wildman–Crippen LogP) is 6.96.